The van der Waals surface area contributed by atoms with Crippen molar-refractivity contribution >= 4 is 38.4 Å². The first-order valence-corrected chi connectivity index (χ1v) is 9.81. The lowest BCUT2D eigenvalue weighted by atomic mass is 10.2. The van der Waals surface area contributed by atoms with Crippen LogP contribution < -0.4 is 15.2 Å². The molecule has 0 aliphatic rings. The van der Waals surface area contributed by atoms with Gasteiger partial charge in [-0.2, -0.15) is 4.99 Å². The van der Waals surface area contributed by atoms with E-state index in [-0.39, 0.29) is 5.56 Å². The van der Waals surface area contributed by atoms with Gasteiger partial charge in [0, 0.05) is 11.9 Å². The molecule has 0 atom stereocenters. The lowest BCUT2D eigenvalue weighted by Gasteiger charge is -2.07. The number of ether oxygens (including phenoxy) is 1. The maximum Gasteiger partial charge on any atom is 0.349 e. The molecule has 4 rings (SSSR count). The quantitative estimate of drug-likeness (QED) is 0.491. The van der Waals surface area contributed by atoms with E-state index in [9.17, 15) is 9.59 Å². The van der Waals surface area contributed by atoms with Gasteiger partial charge in [-0.25, -0.2) is 4.79 Å². The first-order chi connectivity index (χ1) is 13.6. The molecule has 0 fully saturated rings. The number of fused-ring (bicyclic) bond motifs is 2. The average Bonchev–Trinajstić information content (AvgIpc) is 3.05. The van der Waals surface area contributed by atoms with Crippen LogP contribution in [0.5, 0.6) is 5.75 Å². The fourth-order valence-corrected chi connectivity index (χ4v) is 4.22. The summed E-state index contributed by atoms with van der Waals surface area (Å²) in [6.07, 6.45) is 0. The van der Waals surface area contributed by atoms with E-state index in [1.54, 1.807) is 18.2 Å². The van der Waals surface area contributed by atoms with Gasteiger partial charge in [0.1, 0.15) is 22.4 Å². The molecule has 0 N–H and O–H groups in total. The molecule has 0 radical (unpaired) electrons. The summed E-state index contributed by atoms with van der Waals surface area (Å²) >= 11 is 1.38. The largest absolute Gasteiger partial charge is 0.492 e. The third-order valence-corrected chi connectivity index (χ3v) is 5.39. The van der Waals surface area contributed by atoms with Gasteiger partial charge in [0.15, 0.2) is 4.80 Å². The second-order valence-corrected chi connectivity index (χ2v) is 7.08. The van der Waals surface area contributed by atoms with E-state index in [4.69, 9.17) is 9.15 Å². The standard InChI is InChI=1S/C21H18N2O4S/c1-3-23-18-16(26-4-2)10-7-11-17(18)28-21(23)22-19(24)14-12-13-8-5-6-9-15(13)27-20(14)25/h5-12H,3-4H2,1-2H3. The van der Waals surface area contributed by atoms with Crippen LogP contribution in [0.25, 0.3) is 21.2 Å². The molecule has 7 heteroatoms. The van der Waals surface area contributed by atoms with Crippen LogP contribution in [0.4, 0.5) is 0 Å². The van der Waals surface area contributed by atoms with Gasteiger partial charge in [-0.1, -0.05) is 35.6 Å². The van der Waals surface area contributed by atoms with E-state index >= 15 is 0 Å². The van der Waals surface area contributed by atoms with Gasteiger partial charge in [-0.15, -0.1) is 0 Å². The summed E-state index contributed by atoms with van der Waals surface area (Å²) in [6, 6.07) is 14.4. The Balaban J connectivity index is 1.88. The highest BCUT2D eigenvalue weighted by Gasteiger charge is 2.15. The van der Waals surface area contributed by atoms with Crippen molar-refractivity contribution in [2.45, 2.75) is 20.4 Å². The maximum atomic E-state index is 12.8. The highest BCUT2D eigenvalue weighted by atomic mass is 32.1. The Bertz CT molecular complexity index is 1310. The molecule has 0 unspecified atom stereocenters. The fourth-order valence-electron chi connectivity index (χ4n) is 3.11. The number of hydrogen-bond acceptors (Lipinski definition) is 5. The summed E-state index contributed by atoms with van der Waals surface area (Å²) in [6.45, 7) is 5.06. The van der Waals surface area contributed by atoms with E-state index in [2.05, 4.69) is 4.99 Å². The van der Waals surface area contributed by atoms with Crippen molar-refractivity contribution < 1.29 is 13.9 Å². The molecule has 2 heterocycles. The number of hydrogen-bond donors (Lipinski definition) is 0. The number of aryl methyl sites for hydroxylation is 1. The summed E-state index contributed by atoms with van der Waals surface area (Å²) in [5.74, 6) is 0.128. The first-order valence-electron chi connectivity index (χ1n) is 8.99. The van der Waals surface area contributed by atoms with Crippen molar-refractivity contribution in [2.75, 3.05) is 6.61 Å². The minimum Gasteiger partial charge on any atom is -0.492 e. The summed E-state index contributed by atoms with van der Waals surface area (Å²) in [5.41, 5.74) is 0.570. The van der Waals surface area contributed by atoms with Crippen LogP contribution in [0, 0.1) is 0 Å². The Morgan fingerprint density at radius 1 is 1.18 bits per heavy atom. The molecular formula is C21H18N2O4S. The molecule has 0 bridgehead atoms. The van der Waals surface area contributed by atoms with Crippen molar-refractivity contribution in [3.05, 3.63) is 69.3 Å². The van der Waals surface area contributed by atoms with Crippen LogP contribution in [0.3, 0.4) is 0 Å². The minimum atomic E-state index is -0.688. The van der Waals surface area contributed by atoms with Crippen molar-refractivity contribution in [1.29, 1.82) is 0 Å². The van der Waals surface area contributed by atoms with Crippen LogP contribution in [0.15, 0.2) is 62.7 Å². The molecule has 0 aliphatic heterocycles. The lowest BCUT2D eigenvalue weighted by molar-refractivity contribution is 0.0994. The Labute approximate surface area is 164 Å². The third kappa shape index (κ3) is 3.14. The van der Waals surface area contributed by atoms with Crippen molar-refractivity contribution in [3.63, 3.8) is 0 Å². The first kappa shape index (κ1) is 18.2. The zero-order valence-corrected chi connectivity index (χ0v) is 16.3. The van der Waals surface area contributed by atoms with Crippen LogP contribution in [-0.4, -0.2) is 17.1 Å². The predicted molar refractivity (Wildman–Crippen MR) is 109 cm³/mol. The molecule has 142 valence electrons. The average molecular weight is 394 g/mol. The molecule has 6 nitrogen and oxygen atoms in total. The normalized spacial score (nSPS) is 12.0. The van der Waals surface area contributed by atoms with E-state index in [1.807, 2.05) is 42.7 Å². The molecule has 0 aliphatic carbocycles. The number of carbonyl (C=O) groups excluding carboxylic acids is 1. The highest BCUT2D eigenvalue weighted by Crippen LogP contribution is 2.27. The molecule has 2 aromatic heterocycles. The summed E-state index contributed by atoms with van der Waals surface area (Å²) in [5, 5.41) is 0.680. The number of thiazole rings is 1. The van der Waals surface area contributed by atoms with Crippen molar-refractivity contribution in [2.24, 2.45) is 4.99 Å². The lowest BCUT2D eigenvalue weighted by Crippen LogP contribution is -2.19. The SMILES string of the molecule is CCOc1cccc2sc(=NC(=O)c3cc4ccccc4oc3=O)n(CC)c12. The van der Waals surface area contributed by atoms with Gasteiger partial charge in [0.25, 0.3) is 5.91 Å². The number of amides is 1. The number of rotatable bonds is 4. The fraction of sp³-hybridized carbons (Fsp3) is 0.190. The van der Waals surface area contributed by atoms with Crippen molar-refractivity contribution in [1.82, 2.24) is 4.57 Å². The molecule has 2 aromatic carbocycles. The molecule has 4 aromatic rings. The van der Waals surface area contributed by atoms with E-state index in [0.717, 1.165) is 16.0 Å². The Morgan fingerprint density at radius 3 is 2.79 bits per heavy atom. The molecule has 0 saturated heterocycles. The maximum absolute atomic E-state index is 12.8. The number of aromatic nitrogens is 1. The van der Waals surface area contributed by atoms with E-state index in [0.29, 0.717) is 28.9 Å². The molecule has 28 heavy (non-hydrogen) atoms. The minimum absolute atomic E-state index is 0.0798. The summed E-state index contributed by atoms with van der Waals surface area (Å²) < 4.78 is 13.9. The number of nitrogens with zero attached hydrogens (tertiary/aromatic N) is 2. The van der Waals surface area contributed by atoms with Crippen LogP contribution >= 0.6 is 11.3 Å². The van der Waals surface area contributed by atoms with Crippen LogP contribution in [0.1, 0.15) is 24.2 Å². The summed E-state index contributed by atoms with van der Waals surface area (Å²) in [7, 11) is 0. The van der Waals surface area contributed by atoms with Gasteiger partial charge in [-0.05, 0) is 38.1 Å². The third-order valence-electron chi connectivity index (χ3n) is 4.35. The molecule has 0 spiro atoms. The van der Waals surface area contributed by atoms with Crippen LogP contribution in [0.2, 0.25) is 0 Å². The predicted octanol–water partition coefficient (Wildman–Crippen LogP) is 3.97. The van der Waals surface area contributed by atoms with Gasteiger partial charge in [0.05, 0.1) is 11.3 Å². The number of para-hydroxylation sites is 2. The zero-order valence-electron chi connectivity index (χ0n) is 15.5. The Hall–Kier alpha value is -3.19. The second-order valence-electron chi connectivity index (χ2n) is 6.07. The van der Waals surface area contributed by atoms with Gasteiger partial charge >= 0.3 is 5.63 Å². The van der Waals surface area contributed by atoms with Crippen molar-refractivity contribution in [3.8, 4) is 5.75 Å². The van der Waals surface area contributed by atoms with E-state index < -0.39 is 11.5 Å². The van der Waals surface area contributed by atoms with Crippen LogP contribution in [-0.2, 0) is 6.54 Å². The topological polar surface area (TPSA) is 73.8 Å². The van der Waals surface area contributed by atoms with E-state index in [1.165, 1.54) is 17.4 Å². The molecule has 0 saturated carbocycles. The molecular weight excluding hydrogens is 376 g/mol. The monoisotopic (exact) mass is 394 g/mol. The second kappa shape index (κ2) is 7.44. The highest BCUT2D eigenvalue weighted by molar-refractivity contribution is 7.16. The Morgan fingerprint density at radius 2 is 2.00 bits per heavy atom. The Kier molecular flexibility index (Phi) is 4.83. The number of carbonyl (C=O) groups is 1. The summed E-state index contributed by atoms with van der Waals surface area (Å²) in [4.78, 5) is 29.8. The zero-order chi connectivity index (χ0) is 19.7. The smallest absolute Gasteiger partial charge is 0.349 e. The number of benzene rings is 2. The van der Waals surface area contributed by atoms with Gasteiger partial charge < -0.3 is 13.7 Å². The molecule has 1 amide bonds. The van der Waals surface area contributed by atoms with Gasteiger partial charge in [-0.3, -0.25) is 4.79 Å². The van der Waals surface area contributed by atoms with Gasteiger partial charge in [0.2, 0.25) is 0 Å².